The number of carbonyl (C=O) groups excluding carboxylic acids is 1. The maximum absolute atomic E-state index is 11.7. The lowest BCUT2D eigenvalue weighted by Crippen LogP contribution is -2.14. The van der Waals surface area contributed by atoms with E-state index in [0.717, 1.165) is 39.0 Å². The molecule has 0 radical (unpaired) electrons. The molecule has 0 saturated heterocycles. The minimum Gasteiger partial charge on any atom is -0.461 e. The molecule has 1 unspecified atom stereocenters. The second-order valence-corrected chi connectivity index (χ2v) is 5.65. The van der Waals surface area contributed by atoms with Gasteiger partial charge in [0.1, 0.15) is 17.8 Å². The second kappa shape index (κ2) is 5.25. The lowest BCUT2D eigenvalue weighted by molar-refractivity contribution is -0.108. The molecule has 1 aliphatic rings. The third kappa shape index (κ3) is 2.18. The fourth-order valence-electron chi connectivity index (χ4n) is 2.59. The number of benzene rings is 2. The zero-order chi connectivity index (χ0) is 14.1. The van der Waals surface area contributed by atoms with Crippen LogP contribution in [0.15, 0.2) is 58.8 Å². The van der Waals surface area contributed by atoms with Gasteiger partial charge in [-0.15, -0.1) is 0 Å². The molecule has 0 aromatic heterocycles. The Morgan fingerprint density at radius 2 is 1.90 bits per heavy atom. The van der Waals surface area contributed by atoms with Crippen LogP contribution in [0, 0.1) is 0 Å². The van der Waals surface area contributed by atoms with Gasteiger partial charge < -0.3 is 9.53 Å². The molecule has 0 bridgehead atoms. The molecule has 0 saturated carbocycles. The average molecular weight is 329 g/mol. The van der Waals surface area contributed by atoms with Crippen LogP contribution >= 0.6 is 15.9 Å². The summed E-state index contributed by atoms with van der Waals surface area (Å²) in [6.07, 6.45) is 0.986. The van der Waals surface area contributed by atoms with E-state index in [0.29, 0.717) is 0 Å². The summed E-state index contributed by atoms with van der Waals surface area (Å²) in [4.78, 5) is 11.7. The zero-order valence-corrected chi connectivity index (χ0v) is 12.6. The zero-order valence-electron chi connectivity index (χ0n) is 11.0. The second-order valence-electron chi connectivity index (χ2n) is 4.73. The molecule has 100 valence electrons. The quantitative estimate of drug-likeness (QED) is 0.755. The molecule has 1 heterocycles. The number of rotatable bonds is 2. The summed E-state index contributed by atoms with van der Waals surface area (Å²) in [7, 11) is 0. The number of carbonyl (C=O) groups is 1. The summed E-state index contributed by atoms with van der Waals surface area (Å²) in [5, 5.41) is 0. The van der Waals surface area contributed by atoms with Gasteiger partial charge in [-0.25, -0.2) is 0 Å². The summed E-state index contributed by atoms with van der Waals surface area (Å²) >= 11 is 3.45. The molecular weight excluding hydrogens is 316 g/mol. The summed E-state index contributed by atoms with van der Waals surface area (Å²) in [5.41, 5.74) is 2.86. The van der Waals surface area contributed by atoms with Crippen molar-refractivity contribution in [2.45, 2.75) is 12.8 Å². The van der Waals surface area contributed by atoms with Gasteiger partial charge in [-0.3, -0.25) is 0 Å². The Balaban J connectivity index is 2.18. The van der Waals surface area contributed by atoms with Crippen LogP contribution in [0.25, 0.3) is 5.57 Å². The predicted octanol–water partition coefficient (Wildman–Crippen LogP) is 4.56. The fraction of sp³-hybridized carbons (Fsp3) is 0.118. The average Bonchev–Trinajstić information content (AvgIpc) is 2.47. The molecule has 20 heavy (non-hydrogen) atoms. The number of halogens is 1. The van der Waals surface area contributed by atoms with E-state index < -0.39 is 0 Å². The predicted molar refractivity (Wildman–Crippen MR) is 82.6 cm³/mol. The van der Waals surface area contributed by atoms with Crippen molar-refractivity contribution >= 4 is 27.8 Å². The number of allylic oxidation sites excluding steroid dienone is 2. The van der Waals surface area contributed by atoms with Crippen molar-refractivity contribution in [1.29, 1.82) is 0 Å². The van der Waals surface area contributed by atoms with Gasteiger partial charge in [0.2, 0.25) is 0 Å². The van der Waals surface area contributed by atoms with Gasteiger partial charge in [0.05, 0.1) is 5.92 Å². The van der Waals surface area contributed by atoms with Crippen LogP contribution in [0.1, 0.15) is 24.0 Å². The van der Waals surface area contributed by atoms with E-state index in [-0.39, 0.29) is 5.92 Å². The maximum Gasteiger partial charge on any atom is 0.132 e. The normalized spacial score (nSPS) is 17.4. The number of aldehydes is 1. The molecule has 1 aliphatic heterocycles. The van der Waals surface area contributed by atoms with Gasteiger partial charge in [0, 0.05) is 15.6 Å². The molecule has 3 rings (SSSR count). The number of fused-ring (bicyclic) bond motifs is 1. The molecule has 3 heteroatoms. The van der Waals surface area contributed by atoms with E-state index >= 15 is 0 Å². The van der Waals surface area contributed by atoms with Crippen LogP contribution < -0.4 is 4.74 Å². The molecular formula is C17H13BrO2. The van der Waals surface area contributed by atoms with Gasteiger partial charge in [-0.1, -0.05) is 46.3 Å². The van der Waals surface area contributed by atoms with Crippen molar-refractivity contribution in [2.24, 2.45) is 0 Å². The molecule has 2 nitrogen and oxygen atoms in total. The minimum atomic E-state index is -0.293. The maximum atomic E-state index is 11.7. The topological polar surface area (TPSA) is 26.3 Å². The highest BCUT2D eigenvalue weighted by Gasteiger charge is 2.28. The van der Waals surface area contributed by atoms with E-state index in [2.05, 4.69) is 15.9 Å². The Labute approximate surface area is 126 Å². The fourth-order valence-corrected chi connectivity index (χ4v) is 2.97. The first kappa shape index (κ1) is 13.1. The highest BCUT2D eigenvalue weighted by Crippen LogP contribution is 2.43. The Bertz CT molecular complexity index is 689. The standard InChI is InChI=1S/C17H13BrO2/c1-11-17(12-5-3-2-4-6-12)15(10-19)14-9-13(18)7-8-16(14)20-11/h2-10,15H,1H3. The number of hydrogen-bond acceptors (Lipinski definition) is 2. The number of hydrogen-bond donors (Lipinski definition) is 0. The summed E-state index contributed by atoms with van der Waals surface area (Å²) in [6, 6.07) is 15.7. The Morgan fingerprint density at radius 3 is 2.60 bits per heavy atom. The van der Waals surface area contributed by atoms with Crippen molar-refractivity contribution in [3.05, 3.63) is 69.9 Å². The summed E-state index contributed by atoms with van der Waals surface area (Å²) in [6.45, 7) is 1.91. The van der Waals surface area contributed by atoms with Gasteiger partial charge in [0.25, 0.3) is 0 Å². The smallest absolute Gasteiger partial charge is 0.132 e. The number of ether oxygens (including phenoxy) is 1. The monoisotopic (exact) mass is 328 g/mol. The van der Waals surface area contributed by atoms with Crippen LogP contribution in [-0.4, -0.2) is 6.29 Å². The molecule has 0 fully saturated rings. The lowest BCUT2D eigenvalue weighted by Gasteiger charge is -2.27. The lowest BCUT2D eigenvalue weighted by atomic mass is 9.85. The van der Waals surface area contributed by atoms with Gasteiger partial charge in [-0.05, 0) is 30.7 Å². The van der Waals surface area contributed by atoms with E-state index in [1.54, 1.807) is 0 Å². The third-order valence-electron chi connectivity index (χ3n) is 3.48. The summed E-state index contributed by atoms with van der Waals surface area (Å²) < 4.78 is 6.83. The Morgan fingerprint density at radius 1 is 1.15 bits per heavy atom. The first-order chi connectivity index (χ1) is 9.70. The van der Waals surface area contributed by atoms with Crippen molar-refractivity contribution in [3.8, 4) is 5.75 Å². The molecule has 0 N–H and O–H groups in total. The molecule has 2 aromatic carbocycles. The van der Waals surface area contributed by atoms with Crippen molar-refractivity contribution in [1.82, 2.24) is 0 Å². The van der Waals surface area contributed by atoms with Crippen molar-refractivity contribution < 1.29 is 9.53 Å². The van der Waals surface area contributed by atoms with Crippen molar-refractivity contribution in [3.63, 3.8) is 0 Å². The molecule has 0 amide bonds. The van der Waals surface area contributed by atoms with Crippen LogP contribution in [0.2, 0.25) is 0 Å². The first-order valence-corrected chi connectivity index (χ1v) is 7.19. The van der Waals surface area contributed by atoms with Crippen LogP contribution in [0.5, 0.6) is 5.75 Å². The minimum absolute atomic E-state index is 0.293. The highest BCUT2D eigenvalue weighted by molar-refractivity contribution is 9.10. The molecule has 1 atom stereocenters. The van der Waals surface area contributed by atoms with Gasteiger partial charge in [-0.2, -0.15) is 0 Å². The molecule has 0 aliphatic carbocycles. The third-order valence-corrected chi connectivity index (χ3v) is 3.97. The Kier molecular flexibility index (Phi) is 3.45. The van der Waals surface area contributed by atoms with Crippen molar-refractivity contribution in [2.75, 3.05) is 0 Å². The largest absolute Gasteiger partial charge is 0.461 e. The van der Waals surface area contributed by atoms with Gasteiger partial charge >= 0.3 is 0 Å². The molecule has 2 aromatic rings. The molecule has 0 spiro atoms. The van der Waals surface area contributed by atoms with Crippen LogP contribution in [0.3, 0.4) is 0 Å². The van der Waals surface area contributed by atoms with E-state index in [1.807, 2.05) is 55.5 Å². The highest BCUT2D eigenvalue weighted by atomic mass is 79.9. The van der Waals surface area contributed by atoms with E-state index in [4.69, 9.17) is 4.74 Å². The Hall–Kier alpha value is -1.87. The van der Waals surface area contributed by atoms with Crippen LogP contribution in [-0.2, 0) is 4.79 Å². The SMILES string of the molecule is CC1=C(c2ccccc2)C(C=O)c2cc(Br)ccc2O1. The first-order valence-electron chi connectivity index (χ1n) is 6.39. The van der Waals surface area contributed by atoms with E-state index in [1.165, 1.54) is 0 Å². The van der Waals surface area contributed by atoms with E-state index in [9.17, 15) is 4.79 Å². The summed E-state index contributed by atoms with van der Waals surface area (Å²) in [5.74, 6) is 1.24. The van der Waals surface area contributed by atoms with Crippen LogP contribution in [0.4, 0.5) is 0 Å². The van der Waals surface area contributed by atoms with Gasteiger partial charge in [0.15, 0.2) is 0 Å².